The number of rotatable bonds is 3. The molecule has 3 aromatic rings. The van der Waals surface area contributed by atoms with Crippen molar-refractivity contribution in [3.05, 3.63) is 70.2 Å². The van der Waals surface area contributed by atoms with Crippen LogP contribution in [0, 0.1) is 24.1 Å². The van der Waals surface area contributed by atoms with Crippen molar-refractivity contribution in [2.45, 2.75) is 11.8 Å². The van der Waals surface area contributed by atoms with Crippen LogP contribution in [0.15, 0.2) is 56.8 Å². The van der Waals surface area contributed by atoms with Crippen LogP contribution in [0.25, 0.3) is 16.9 Å². The fraction of sp³-hybridized carbons (Fsp3) is 0.111. The molecule has 2 aromatic carbocycles. The first-order valence-corrected chi connectivity index (χ1v) is 9.33. The van der Waals surface area contributed by atoms with Crippen molar-refractivity contribution in [3.63, 3.8) is 0 Å². The van der Waals surface area contributed by atoms with Gasteiger partial charge in [0.1, 0.15) is 17.0 Å². The lowest BCUT2D eigenvalue weighted by Crippen LogP contribution is -2.13. The van der Waals surface area contributed by atoms with Crippen LogP contribution in [0.3, 0.4) is 0 Å². The van der Waals surface area contributed by atoms with Gasteiger partial charge in [-0.05, 0) is 42.8 Å². The van der Waals surface area contributed by atoms with Crippen LogP contribution in [0.5, 0.6) is 0 Å². The second-order valence-corrected chi connectivity index (χ2v) is 7.73. The molecule has 3 rings (SSSR count). The second-order valence-electron chi connectivity index (χ2n) is 5.75. The standard InChI is InChI=1S/C18H13FN2O4S/c1-11-7-14(5-3-13(11)9-20)21-16(10-25-18(21)22)12-4-6-17(15(19)8-12)26(2,23)24/h3-8,10H,1-2H3. The molecule has 0 bridgehead atoms. The lowest BCUT2D eigenvalue weighted by atomic mass is 10.1. The van der Waals surface area contributed by atoms with E-state index >= 15 is 0 Å². The van der Waals surface area contributed by atoms with Crippen molar-refractivity contribution in [1.29, 1.82) is 5.26 Å². The molecule has 132 valence electrons. The molecule has 0 aliphatic carbocycles. The fourth-order valence-electron chi connectivity index (χ4n) is 2.62. The molecule has 0 atom stereocenters. The number of aryl methyl sites for hydroxylation is 1. The van der Waals surface area contributed by atoms with E-state index in [1.807, 2.05) is 6.07 Å². The molecule has 1 aromatic heterocycles. The molecule has 0 unspecified atom stereocenters. The minimum absolute atomic E-state index is 0.262. The largest absolute Gasteiger partial charge is 0.424 e. The zero-order valence-electron chi connectivity index (χ0n) is 13.9. The van der Waals surface area contributed by atoms with E-state index in [9.17, 15) is 17.6 Å². The summed E-state index contributed by atoms with van der Waals surface area (Å²) in [5.41, 5.74) is 2.13. The molecule has 0 fully saturated rings. The molecule has 8 heteroatoms. The van der Waals surface area contributed by atoms with Gasteiger partial charge in [-0.1, -0.05) is 6.07 Å². The lowest BCUT2D eigenvalue weighted by molar-refractivity contribution is 0.504. The molecule has 0 amide bonds. The zero-order chi connectivity index (χ0) is 19.1. The third-order valence-electron chi connectivity index (χ3n) is 3.91. The first kappa shape index (κ1) is 17.6. The minimum atomic E-state index is -3.70. The van der Waals surface area contributed by atoms with Gasteiger partial charge in [0.25, 0.3) is 0 Å². The summed E-state index contributed by atoms with van der Waals surface area (Å²) in [5.74, 6) is -1.60. The highest BCUT2D eigenvalue weighted by Gasteiger charge is 2.18. The first-order valence-electron chi connectivity index (χ1n) is 7.44. The Kier molecular flexibility index (Phi) is 4.26. The van der Waals surface area contributed by atoms with Gasteiger partial charge < -0.3 is 4.42 Å². The maximum atomic E-state index is 14.2. The summed E-state index contributed by atoms with van der Waals surface area (Å²) in [6.07, 6.45) is 2.09. The van der Waals surface area contributed by atoms with Crippen molar-refractivity contribution in [1.82, 2.24) is 4.57 Å². The maximum absolute atomic E-state index is 14.2. The summed E-state index contributed by atoms with van der Waals surface area (Å²) in [6.45, 7) is 1.73. The molecule has 1 heterocycles. The average molecular weight is 372 g/mol. The summed E-state index contributed by atoms with van der Waals surface area (Å²) >= 11 is 0. The molecular formula is C18H13FN2O4S. The number of nitrogens with zero attached hydrogens (tertiary/aromatic N) is 2. The Hall–Kier alpha value is -3.18. The SMILES string of the molecule is Cc1cc(-n2c(-c3ccc(S(C)(=O)=O)c(F)c3)coc2=O)ccc1C#N. The number of sulfone groups is 1. The van der Waals surface area contributed by atoms with Gasteiger partial charge >= 0.3 is 5.76 Å². The molecule has 0 aliphatic heterocycles. The predicted octanol–water partition coefficient (Wildman–Crippen LogP) is 2.82. The van der Waals surface area contributed by atoms with Gasteiger partial charge in [0, 0.05) is 11.8 Å². The molecule has 26 heavy (non-hydrogen) atoms. The van der Waals surface area contributed by atoms with Gasteiger partial charge in [-0.15, -0.1) is 0 Å². The van der Waals surface area contributed by atoms with E-state index in [2.05, 4.69) is 0 Å². The van der Waals surface area contributed by atoms with Crippen molar-refractivity contribution in [3.8, 4) is 23.0 Å². The molecular weight excluding hydrogens is 359 g/mol. The Morgan fingerprint density at radius 2 is 1.92 bits per heavy atom. The highest BCUT2D eigenvalue weighted by Crippen LogP contribution is 2.26. The number of aromatic nitrogens is 1. The van der Waals surface area contributed by atoms with E-state index in [1.165, 1.54) is 16.9 Å². The van der Waals surface area contributed by atoms with Crippen molar-refractivity contribution in [2.24, 2.45) is 0 Å². The average Bonchev–Trinajstić information content (AvgIpc) is 2.95. The molecule has 0 saturated carbocycles. The van der Waals surface area contributed by atoms with E-state index in [0.29, 0.717) is 16.8 Å². The van der Waals surface area contributed by atoms with Crippen LogP contribution in [0.2, 0.25) is 0 Å². The molecule has 0 radical (unpaired) electrons. The summed E-state index contributed by atoms with van der Waals surface area (Å²) in [5, 5.41) is 9.02. The van der Waals surface area contributed by atoms with Gasteiger partial charge in [0.05, 0.1) is 23.0 Å². The van der Waals surface area contributed by atoms with E-state index in [-0.39, 0.29) is 11.3 Å². The number of hydrogen-bond acceptors (Lipinski definition) is 5. The van der Waals surface area contributed by atoms with E-state index < -0.39 is 26.3 Å². The van der Waals surface area contributed by atoms with Gasteiger partial charge in [-0.25, -0.2) is 22.2 Å². The van der Waals surface area contributed by atoms with Crippen LogP contribution < -0.4 is 5.76 Å². The topological polar surface area (TPSA) is 93.1 Å². The monoisotopic (exact) mass is 372 g/mol. The third-order valence-corrected chi connectivity index (χ3v) is 5.04. The van der Waals surface area contributed by atoms with Crippen LogP contribution >= 0.6 is 0 Å². The van der Waals surface area contributed by atoms with Gasteiger partial charge in [-0.3, -0.25) is 0 Å². The summed E-state index contributed by atoms with van der Waals surface area (Å²) in [6, 6.07) is 10.4. The highest BCUT2D eigenvalue weighted by molar-refractivity contribution is 7.90. The Morgan fingerprint density at radius 1 is 1.19 bits per heavy atom. The molecule has 0 saturated heterocycles. The Labute approximate surface area is 148 Å². The van der Waals surface area contributed by atoms with Crippen molar-refractivity contribution in [2.75, 3.05) is 6.26 Å². The number of halogens is 1. The summed E-state index contributed by atoms with van der Waals surface area (Å²) < 4.78 is 43.5. The quantitative estimate of drug-likeness (QED) is 0.705. The lowest BCUT2D eigenvalue weighted by Gasteiger charge is -2.09. The molecule has 6 nitrogen and oxygen atoms in total. The van der Waals surface area contributed by atoms with Gasteiger partial charge in [0.2, 0.25) is 0 Å². The fourth-order valence-corrected chi connectivity index (χ4v) is 3.35. The van der Waals surface area contributed by atoms with Crippen LogP contribution in [-0.4, -0.2) is 19.2 Å². The molecule has 0 aliphatic rings. The Bertz CT molecular complexity index is 1220. The predicted molar refractivity (Wildman–Crippen MR) is 92.3 cm³/mol. The minimum Gasteiger partial charge on any atom is -0.415 e. The number of benzene rings is 2. The molecule has 0 spiro atoms. The normalized spacial score (nSPS) is 11.3. The Balaban J connectivity index is 2.18. The second kappa shape index (κ2) is 6.28. The van der Waals surface area contributed by atoms with Gasteiger partial charge in [0.15, 0.2) is 9.84 Å². The molecule has 0 N–H and O–H groups in total. The number of nitriles is 1. The van der Waals surface area contributed by atoms with E-state index in [0.717, 1.165) is 18.4 Å². The maximum Gasteiger partial charge on any atom is 0.424 e. The smallest absolute Gasteiger partial charge is 0.415 e. The number of oxazole rings is 1. The van der Waals surface area contributed by atoms with Crippen LogP contribution in [0.4, 0.5) is 4.39 Å². The summed E-state index contributed by atoms with van der Waals surface area (Å²) in [4.78, 5) is 11.7. The van der Waals surface area contributed by atoms with E-state index in [1.54, 1.807) is 25.1 Å². The van der Waals surface area contributed by atoms with Gasteiger partial charge in [-0.2, -0.15) is 5.26 Å². The van der Waals surface area contributed by atoms with Crippen LogP contribution in [0.1, 0.15) is 11.1 Å². The highest BCUT2D eigenvalue weighted by atomic mass is 32.2. The van der Waals surface area contributed by atoms with Crippen LogP contribution in [-0.2, 0) is 9.84 Å². The van der Waals surface area contributed by atoms with Crippen molar-refractivity contribution >= 4 is 9.84 Å². The summed E-state index contributed by atoms with van der Waals surface area (Å²) in [7, 11) is -3.70. The van der Waals surface area contributed by atoms with E-state index in [4.69, 9.17) is 9.68 Å². The van der Waals surface area contributed by atoms with Crippen molar-refractivity contribution < 1.29 is 17.2 Å². The zero-order valence-corrected chi connectivity index (χ0v) is 14.7. The number of hydrogen-bond donors (Lipinski definition) is 0. The first-order chi connectivity index (χ1) is 12.2. The third kappa shape index (κ3) is 3.05. The Morgan fingerprint density at radius 3 is 2.50 bits per heavy atom.